The van der Waals surface area contributed by atoms with E-state index in [1.54, 1.807) is 13.3 Å². The Hall–Kier alpha value is -2.45. The summed E-state index contributed by atoms with van der Waals surface area (Å²) >= 11 is 0. The molecule has 1 fully saturated rings. The Labute approximate surface area is 183 Å². The van der Waals surface area contributed by atoms with Crippen molar-refractivity contribution in [2.24, 2.45) is 4.99 Å². The minimum atomic E-state index is -2.27. The third kappa shape index (κ3) is 7.63. The summed E-state index contributed by atoms with van der Waals surface area (Å²) < 4.78 is 30.6. The SMILES string of the molecule is CN=C(NCc1ccccc1CN(C)Cc1ccco1)NC1CCN(CC(F)F)CC1. The van der Waals surface area contributed by atoms with Gasteiger partial charge in [0.1, 0.15) is 5.76 Å². The molecule has 1 aromatic heterocycles. The van der Waals surface area contributed by atoms with Crippen LogP contribution in [0.3, 0.4) is 0 Å². The molecule has 2 aromatic rings. The lowest BCUT2D eigenvalue weighted by Gasteiger charge is -2.32. The number of hydrogen-bond donors (Lipinski definition) is 2. The second-order valence-electron chi connectivity index (χ2n) is 8.06. The van der Waals surface area contributed by atoms with E-state index in [0.29, 0.717) is 19.6 Å². The summed E-state index contributed by atoms with van der Waals surface area (Å²) in [6, 6.07) is 12.5. The van der Waals surface area contributed by atoms with Crippen LogP contribution < -0.4 is 10.6 Å². The highest BCUT2D eigenvalue weighted by Gasteiger charge is 2.22. The van der Waals surface area contributed by atoms with Gasteiger partial charge in [-0.15, -0.1) is 0 Å². The van der Waals surface area contributed by atoms with Gasteiger partial charge >= 0.3 is 0 Å². The van der Waals surface area contributed by atoms with Crippen LogP contribution in [0.25, 0.3) is 0 Å². The highest BCUT2D eigenvalue weighted by Crippen LogP contribution is 2.14. The van der Waals surface area contributed by atoms with Gasteiger partial charge in [-0.2, -0.15) is 0 Å². The summed E-state index contributed by atoms with van der Waals surface area (Å²) in [6.07, 6.45) is 1.10. The number of likely N-dealkylation sites (tertiary alicyclic amines) is 1. The number of piperidine rings is 1. The molecule has 8 heteroatoms. The Morgan fingerprint density at radius 2 is 1.90 bits per heavy atom. The van der Waals surface area contributed by atoms with Crippen LogP contribution in [0, 0.1) is 0 Å². The molecule has 1 aromatic carbocycles. The normalized spacial score (nSPS) is 16.3. The molecule has 170 valence electrons. The minimum Gasteiger partial charge on any atom is -0.468 e. The quantitative estimate of drug-likeness (QED) is 0.470. The predicted molar refractivity (Wildman–Crippen MR) is 119 cm³/mol. The fourth-order valence-corrected chi connectivity index (χ4v) is 3.92. The molecule has 1 aliphatic rings. The summed E-state index contributed by atoms with van der Waals surface area (Å²) in [7, 11) is 3.83. The molecule has 1 aliphatic heterocycles. The first kappa shape index (κ1) is 23.2. The Morgan fingerprint density at radius 1 is 1.16 bits per heavy atom. The highest BCUT2D eigenvalue weighted by molar-refractivity contribution is 5.80. The van der Waals surface area contributed by atoms with E-state index in [2.05, 4.69) is 45.8 Å². The van der Waals surface area contributed by atoms with Crippen molar-refractivity contribution in [3.05, 3.63) is 59.5 Å². The zero-order valence-corrected chi connectivity index (χ0v) is 18.4. The van der Waals surface area contributed by atoms with Gasteiger partial charge in [0, 0.05) is 39.3 Å². The van der Waals surface area contributed by atoms with Crippen molar-refractivity contribution >= 4 is 5.96 Å². The maximum atomic E-state index is 12.6. The molecule has 0 radical (unpaired) electrons. The average Bonchev–Trinajstić information content (AvgIpc) is 3.25. The molecule has 31 heavy (non-hydrogen) atoms. The van der Waals surface area contributed by atoms with E-state index in [9.17, 15) is 8.78 Å². The number of furan rings is 1. The molecule has 0 spiro atoms. The first-order valence-corrected chi connectivity index (χ1v) is 10.8. The summed E-state index contributed by atoms with van der Waals surface area (Å²) in [5.74, 6) is 1.69. The van der Waals surface area contributed by atoms with Crippen LogP contribution in [0.4, 0.5) is 8.78 Å². The molecule has 6 nitrogen and oxygen atoms in total. The Bertz CT molecular complexity index is 804. The van der Waals surface area contributed by atoms with Crippen molar-refractivity contribution in [3.63, 3.8) is 0 Å². The number of benzene rings is 1. The van der Waals surface area contributed by atoms with Crippen molar-refractivity contribution in [1.82, 2.24) is 20.4 Å². The zero-order chi connectivity index (χ0) is 22.1. The Kier molecular flexibility index (Phi) is 8.85. The molecule has 0 atom stereocenters. The maximum Gasteiger partial charge on any atom is 0.251 e. The third-order valence-corrected chi connectivity index (χ3v) is 5.56. The summed E-state index contributed by atoms with van der Waals surface area (Å²) in [5, 5.41) is 6.85. The number of alkyl halides is 2. The van der Waals surface area contributed by atoms with Crippen LogP contribution >= 0.6 is 0 Å². The van der Waals surface area contributed by atoms with E-state index in [0.717, 1.165) is 37.7 Å². The van der Waals surface area contributed by atoms with Crippen molar-refractivity contribution in [3.8, 4) is 0 Å². The molecule has 2 N–H and O–H groups in total. The number of guanidine groups is 1. The zero-order valence-electron chi connectivity index (χ0n) is 18.4. The standard InChI is InChI=1S/C23H33F2N5O/c1-26-23(28-20-9-11-30(12-10-20)17-22(24)25)27-14-18-6-3-4-7-19(18)15-29(2)16-21-8-5-13-31-21/h3-8,13,20,22H,9-12,14-17H2,1-2H3,(H2,26,27,28). The molecule has 0 saturated carbocycles. The number of aliphatic imine (C=N–C) groups is 1. The molecule has 1 saturated heterocycles. The summed E-state index contributed by atoms with van der Waals surface area (Å²) in [6.45, 7) is 3.46. The fourth-order valence-electron chi connectivity index (χ4n) is 3.92. The van der Waals surface area contributed by atoms with E-state index in [1.165, 1.54) is 11.1 Å². The Balaban J connectivity index is 1.48. The highest BCUT2D eigenvalue weighted by atomic mass is 19.3. The van der Waals surface area contributed by atoms with Gasteiger partial charge in [-0.1, -0.05) is 24.3 Å². The third-order valence-electron chi connectivity index (χ3n) is 5.56. The second kappa shape index (κ2) is 11.8. The average molecular weight is 434 g/mol. The largest absolute Gasteiger partial charge is 0.468 e. The maximum absolute atomic E-state index is 12.6. The van der Waals surface area contributed by atoms with Crippen LogP contribution in [0.1, 0.15) is 29.7 Å². The van der Waals surface area contributed by atoms with Crippen molar-refractivity contribution < 1.29 is 13.2 Å². The monoisotopic (exact) mass is 433 g/mol. The van der Waals surface area contributed by atoms with Crippen LogP contribution in [0.5, 0.6) is 0 Å². The van der Waals surface area contributed by atoms with Crippen LogP contribution in [-0.4, -0.2) is 62.0 Å². The van der Waals surface area contributed by atoms with E-state index < -0.39 is 6.43 Å². The van der Waals surface area contributed by atoms with Gasteiger partial charge < -0.3 is 15.1 Å². The number of rotatable bonds is 9. The van der Waals surface area contributed by atoms with Gasteiger partial charge in [0.25, 0.3) is 6.43 Å². The molecular weight excluding hydrogens is 400 g/mol. The second-order valence-corrected chi connectivity index (χ2v) is 8.06. The number of hydrogen-bond acceptors (Lipinski definition) is 4. The van der Waals surface area contributed by atoms with Crippen LogP contribution in [0.2, 0.25) is 0 Å². The molecule has 3 rings (SSSR count). The topological polar surface area (TPSA) is 56.0 Å². The lowest BCUT2D eigenvalue weighted by molar-refractivity contribution is 0.0744. The summed E-state index contributed by atoms with van der Waals surface area (Å²) in [5.41, 5.74) is 2.46. The van der Waals surface area contributed by atoms with E-state index in [1.807, 2.05) is 23.1 Å². The molecular formula is C23H33F2N5O. The number of nitrogens with zero attached hydrogens (tertiary/aromatic N) is 3. The molecule has 0 aliphatic carbocycles. The molecule has 0 unspecified atom stereocenters. The fraction of sp³-hybridized carbons (Fsp3) is 0.522. The van der Waals surface area contributed by atoms with Crippen molar-refractivity contribution in [2.45, 2.75) is 44.9 Å². The molecule has 0 bridgehead atoms. The smallest absolute Gasteiger partial charge is 0.251 e. The van der Waals surface area contributed by atoms with Crippen molar-refractivity contribution in [2.75, 3.05) is 33.7 Å². The van der Waals surface area contributed by atoms with Crippen LogP contribution in [0.15, 0.2) is 52.1 Å². The molecule has 0 amide bonds. The predicted octanol–water partition coefficient (Wildman–Crippen LogP) is 3.31. The van der Waals surface area contributed by atoms with Gasteiger partial charge in [-0.25, -0.2) is 8.78 Å². The van der Waals surface area contributed by atoms with Crippen molar-refractivity contribution in [1.29, 1.82) is 0 Å². The van der Waals surface area contributed by atoms with Gasteiger partial charge in [0.15, 0.2) is 5.96 Å². The van der Waals surface area contributed by atoms with Crippen LogP contribution in [-0.2, 0) is 19.6 Å². The van der Waals surface area contributed by atoms with E-state index in [-0.39, 0.29) is 12.6 Å². The lowest BCUT2D eigenvalue weighted by Crippen LogP contribution is -2.49. The Morgan fingerprint density at radius 3 is 2.55 bits per heavy atom. The van der Waals surface area contributed by atoms with Gasteiger partial charge in [0.05, 0.1) is 19.4 Å². The number of halogens is 2. The molecule has 2 heterocycles. The number of nitrogens with one attached hydrogen (secondary N) is 2. The van der Waals surface area contributed by atoms with Gasteiger partial charge in [-0.05, 0) is 43.1 Å². The first-order chi connectivity index (χ1) is 15.0. The lowest BCUT2D eigenvalue weighted by atomic mass is 10.1. The van der Waals surface area contributed by atoms with Gasteiger partial charge in [-0.3, -0.25) is 14.8 Å². The summed E-state index contributed by atoms with van der Waals surface area (Å²) in [4.78, 5) is 8.39. The van der Waals surface area contributed by atoms with E-state index >= 15 is 0 Å². The first-order valence-electron chi connectivity index (χ1n) is 10.8. The van der Waals surface area contributed by atoms with Gasteiger partial charge in [0.2, 0.25) is 0 Å². The minimum absolute atomic E-state index is 0.134. The van der Waals surface area contributed by atoms with E-state index in [4.69, 9.17) is 4.42 Å².